The van der Waals surface area contributed by atoms with Gasteiger partial charge in [-0.15, -0.1) is 6.58 Å². The van der Waals surface area contributed by atoms with Crippen molar-refractivity contribution in [2.45, 2.75) is 38.5 Å². The minimum atomic E-state index is -0.812. The minimum absolute atomic E-state index is 0.0549. The molecule has 0 bridgehead atoms. The van der Waals surface area contributed by atoms with Gasteiger partial charge >= 0.3 is 0 Å². The number of benzene rings is 3. The lowest BCUT2D eigenvalue weighted by Gasteiger charge is -2.27. The molecule has 0 aliphatic heterocycles. The third-order valence-corrected chi connectivity index (χ3v) is 6.62. The quantitative estimate of drug-likeness (QED) is 0.252. The van der Waals surface area contributed by atoms with Gasteiger partial charge in [-0.05, 0) is 73.3 Å². The van der Waals surface area contributed by atoms with Gasteiger partial charge in [-0.2, -0.15) is 0 Å². The van der Waals surface area contributed by atoms with Crippen molar-refractivity contribution in [1.29, 1.82) is 0 Å². The Morgan fingerprint density at radius 3 is 2.26 bits per heavy atom. The van der Waals surface area contributed by atoms with Crippen LogP contribution in [0.3, 0.4) is 0 Å². The first-order valence-electron chi connectivity index (χ1n) is 11.8. The van der Waals surface area contributed by atoms with Crippen molar-refractivity contribution in [3.8, 4) is 16.9 Å². The highest BCUT2D eigenvalue weighted by Crippen LogP contribution is 2.38. The van der Waals surface area contributed by atoms with E-state index >= 15 is 0 Å². The Balaban J connectivity index is 1.47. The number of rotatable bonds is 7. The summed E-state index contributed by atoms with van der Waals surface area (Å²) in [7, 11) is 0. The van der Waals surface area contributed by atoms with E-state index in [-0.39, 0.29) is 17.3 Å². The third kappa shape index (κ3) is 5.27. The van der Waals surface area contributed by atoms with Crippen LogP contribution in [0.15, 0.2) is 67.3 Å². The monoisotopic (exact) mass is 462 g/mol. The number of halogens is 3. The molecule has 1 fully saturated rings. The molecule has 4 rings (SSSR count). The van der Waals surface area contributed by atoms with Gasteiger partial charge in [0.2, 0.25) is 0 Å². The van der Waals surface area contributed by atoms with E-state index in [4.69, 9.17) is 4.74 Å². The molecule has 1 aliphatic rings. The standard InChI is InChI=1S/C30H29F3O/c1-3-20-5-10-23(11-6-20)27-17-15-24(29(32)30(27)33)14-9-21-7-12-22(13-8-21)26-18-16-25(34-4-2)19-28(26)31/h3,7-9,12-20,23H,1,4-6,10-11H2,2H3/b14-9+. The molecule has 176 valence electrons. The van der Waals surface area contributed by atoms with E-state index in [2.05, 4.69) is 6.58 Å². The van der Waals surface area contributed by atoms with E-state index < -0.39 is 11.6 Å². The van der Waals surface area contributed by atoms with Gasteiger partial charge in [-0.25, -0.2) is 13.2 Å². The summed E-state index contributed by atoms with van der Waals surface area (Å²) < 4.78 is 49.4. The third-order valence-electron chi connectivity index (χ3n) is 6.62. The maximum absolute atomic E-state index is 14.8. The predicted octanol–water partition coefficient (Wildman–Crippen LogP) is 8.80. The van der Waals surface area contributed by atoms with E-state index in [0.29, 0.717) is 29.4 Å². The molecule has 1 aliphatic carbocycles. The maximum Gasteiger partial charge on any atom is 0.166 e. The van der Waals surface area contributed by atoms with Gasteiger partial charge < -0.3 is 4.74 Å². The SMILES string of the molecule is C=CC1CCC(c2ccc(/C=C/c3ccc(-c4ccc(OCC)cc4F)cc3)c(F)c2F)CC1. The summed E-state index contributed by atoms with van der Waals surface area (Å²) in [5.41, 5.74) is 2.69. The van der Waals surface area contributed by atoms with Gasteiger partial charge in [0.15, 0.2) is 11.6 Å². The van der Waals surface area contributed by atoms with E-state index in [1.807, 2.05) is 25.1 Å². The molecule has 3 aromatic rings. The average molecular weight is 463 g/mol. The van der Waals surface area contributed by atoms with Crippen molar-refractivity contribution >= 4 is 12.2 Å². The van der Waals surface area contributed by atoms with Crippen LogP contribution in [0.2, 0.25) is 0 Å². The molecule has 0 heterocycles. The van der Waals surface area contributed by atoms with Crippen LogP contribution in [0.25, 0.3) is 23.3 Å². The molecule has 0 amide bonds. The summed E-state index contributed by atoms with van der Waals surface area (Å²) in [6.45, 7) is 6.17. The van der Waals surface area contributed by atoms with Gasteiger partial charge in [0, 0.05) is 17.2 Å². The highest BCUT2D eigenvalue weighted by atomic mass is 19.2. The fourth-order valence-corrected chi connectivity index (χ4v) is 4.64. The number of ether oxygens (including phenoxy) is 1. The summed E-state index contributed by atoms with van der Waals surface area (Å²) in [5.74, 6) is -0.890. The Morgan fingerprint density at radius 2 is 1.62 bits per heavy atom. The summed E-state index contributed by atoms with van der Waals surface area (Å²) >= 11 is 0. The van der Waals surface area contributed by atoms with E-state index in [9.17, 15) is 13.2 Å². The van der Waals surface area contributed by atoms with Crippen molar-refractivity contribution in [2.24, 2.45) is 5.92 Å². The Labute approximate surface area is 199 Å². The van der Waals surface area contributed by atoms with Crippen LogP contribution >= 0.6 is 0 Å². The largest absolute Gasteiger partial charge is 0.494 e. The molecule has 0 unspecified atom stereocenters. The first kappa shape index (κ1) is 23.9. The minimum Gasteiger partial charge on any atom is -0.494 e. The van der Waals surface area contributed by atoms with Gasteiger partial charge in [0.05, 0.1) is 6.61 Å². The molecule has 1 nitrogen and oxygen atoms in total. The van der Waals surface area contributed by atoms with Crippen molar-refractivity contribution < 1.29 is 17.9 Å². The summed E-state index contributed by atoms with van der Waals surface area (Å²) in [4.78, 5) is 0. The van der Waals surface area contributed by atoms with Crippen LogP contribution in [0.1, 0.15) is 55.2 Å². The molecule has 3 aromatic carbocycles. The lowest BCUT2D eigenvalue weighted by molar-refractivity contribution is 0.338. The highest BCUT2D eigenvalue weighted by Gasteiger charge is 2.24. The zero-order valence-electron chi connectivity index (χ0n) is 19.4. The van der Waals surface area contributed by atoms with Gasteiger partial charge in [0.25, 0.3) is 0 Å². The van der Waals surface area contributed by atoms with Crippen molar-refractivity contribution in [1.82, 2.24) is 0 Å². The molecule has 0 spiro atoms. The van der Waals surface area contributed by atoms with Gasteiger partial charge in [0.1, 0.15) is 11.6 Å². The normalized spacial score (nSPS) is 18.2. The fraction of sp³-hybridized carbons (Fsp3) is 0.267. The summed E-state index contributed by atoms with van der Waals surface area (Å²) in [5, 5.41) is 0. The first-order valence-corrected chi connectivity index (χ1v) is 11.8. The van der Waals surface area contributed by atoms with Crippen molar-refractivity contribution in [3.05, 3.63) is 101 Å². The fourth-order valence-electron chi connectivity index (χ4n) is 4.64. The summed E-state index contributed by atoms with van der Waals surface area (Å²) in [6, 6.07) is 15.4. The molecular formula is C30H29F3O. The first-order chi connectivity index (χ1) is 16.5. The highest BCUT2D eigenvalue weighted by molar-refractivity contribution is 5.73. The molecule has 0 N–H and O–H groups in total. The molecule has 0 radical (unpaired) electrons. The topological polar surface area (TPSA) is 9.23 Å². The smallest absolute Gasteiger partial charge is 0.166 e. The molecule has 34 heavy (non-hydrogen) atoms. The van der Waals surface area contributed by atoms with Gasteiger partial charge in [-0.1, -0.05) is 54.6 Å². The second kappa shape index (κ2) is 10.8. The number of allylic oxidation sites excluding steroid dienone is 1. The zero-order chi connectivity index (χ0) is 24.1. The van der Waals surface area contributed by atoms with Crippen molar-refractivity contribution in [3.63, 3.8) is 0 Å². The maximum atomic E-state index is 14.8. The van der Waals surface area contributed by atoms with Crippen LogP contribution < -0.4 is 4.74 Å². The lowest BCUT2D eigenvalue weighted by Crippen LogP contribution is -2.13. The van der Waals surface area contributed by atoms with Crippen LogP contribution in [-0.2, 0) is 0 Å². The Hall–Kier alpha value is -3.27. The van der Waals surface area contributed by atoms with E-state index in [1.165, 1.54) is 6.07 Å². The van der Waals surface area contributed by atoms with Crippen LogP contribution in [0.4, 0.5) is 13.2 Å². The second-order valence-electron chi connectivity index (χ2n) is 8.75. The predicted molar refractivity (Wildman–Crippen MR) is 133 cm³/mol. The lowest BCUT2D eigenvalue weighted by atomic mass is 9.78. The Morgan fingerprint density at radius 1 is 0.882 bits per heavy atom. The Bertz CT molecular complexity index is 1170. The zero-order valence-corrected chi connectivity index (χ0v) is 19.4. The van der Waals surface area contributed by atoms with Gasteiger partial charge in [-0.3, -0.25) is 0 Å². The molecule has 1 saturated carbocycles. The molecule has 4 heteroatoms. The van der Waals surface area contributed by atoms with E-state index in [1.54, 1.807) is 48.6 Å². The number of hydrogen-bond acceptors (Lipinski definition) is 1. The molecule has 0 aromatic heterocycles. The molecule has 0 saturated heterocycles. The number of hydrogen-bond donors (Lipinski definition) is 0. The Kier molecular flexibility index (Phi) is 7.56. The molecule has 0 atom stereocenters. The van der Waals surface area contributed by atoms with Crippen LogP contribution in [-0.4, -0.2) is 6.61 Å². The van der Waals surface area contributed by atoms with Crippen LogP contribution in [0.5, 0.6) is 5.75 Å². The van der Waals surface area contributed by atoms with E-state index in [0.717, 1.165) is 36.8 Å². The van der Waals surface area contributed by atoms with Crippen LogP contribution in [0, 0.1) is 23.4 Å². The van der Waals surface area contributed by atoms with Crippen molar-refractivity contribution in [2.75, 3.05) is 6.61 Å². The molecular weight excluding hydrogens is 433 g/mol. The second-order valence-corrected chi connectivity index (χ2v) is 8.75. The average Bonchev–Trinajstić information content (AvgIpc) is 2.86. The summed E-state index contributed by atoms with van der Waals surface area (Å²) in [6.07, 6.45) is 8.89.